The van der Waals surface area contributed by atoms with Crippen LogP contribution in [-0.4, -0.2) is 32.7 Å². The molecule has 0 bridgehead atoms. The number of benzene rings is 2. The fourth-order valence-corrected chi connectivity index (χ4v) is 2.34. The van der Waals surface area contributed by atoms with Gasteiger partial charge in [0.1, 0.15) is 12.6 Å². The van der Waals surface area contributed by atoms with Crippen LogP contribution >= 0.6 is 0 Å². The number of nitrogens with one attached hydrogen (secondary N) is 1. The maximum Gasteiger partial charge on any atom is 0.275 e. The summed E-state index contributed by atoms with van der Waals surface area (Å²) in [4.78, 5) is 11.9. The summed E-state index contributed by atoms with van der Waals surface area (Å²) in [6.45, 7) is 3.35. The van der Waals surface area contributed by atoms with E-state index in [1.54, 1.807) is 7.11 Å². The minimum Gasteiger partial charge on any atom is -0.493 e. The largest absolute Gasteiger partial charge is 0.493 e. The number of para-hydroxylation sites is 2. The summed E-state index contributed by atoms with van der Waals surface area (Å²) in [5.74, 6) is 1.37. The summed E-state index contributed by atoms with van der Waals surface area (Å²) < 4.78 is 10.8. The first-order chi connectivity index (χ1) is 11.7. The Kier molecular flexibility index (Phi) is 7.11. The highest BCUT2D eigenvalue weighted by Crippen LogP contribution is 2.25. The molecule has 0 unspecified atom stereocenters. The number of carbonyl (C=O) groups is 1. The molecule has 0 saturated carbocycles. The van der Waals surface area contributed by atoms with Crippen LogP contribution in [0.25, 0.3) is 0 Å². The standard InChI is InChI=1S/C19H24N2O3/c1-15(16-8-4-3-5-9-16)21-14-19(22)20-12-13-24-18-11-7-6-10-17(18)23-2/h3-11,15,21H,12-14H2,1-2H3,(H,20,22)/p+1/t15-/m0/s1. The van der Waals surface area contributed by atoms with Crippen molar-refractivity contribution >= 4 is 5.91 Å². The zero-order valence-corrected chi connectivity index (χ0v) is 14.2. The molecule has 0 aliphatic carbocycles. The lowest BCUT2D eigenvalue weighted by Crippen LogP contribution is -2.87. The zero-order chi connectivity index (χ0) is 17.2. The molecule has 0 radical (unpaired) electrons. The zero-order valence-electron chi connectivity index (χ0n) is 14.2. The van der Waals surface area contributed by atoms with Gasteiger partial charge in [-0.1, -0.05) is 42.5 Å². The highest BCUT2D eigenvalue weighted by molar-refractivity contribution is 5.76. The van der Waals surface area contributed by atoms with Gasteiger partial charge in [0.15, 0.2) is 18.0 Å². The second kappa shape index (κ2) is 9.57. The van der Waals surface area contributed by atoms with Crippen LogP contribution in [0.4, 0.5) is 0 Å². The summed E-state index contributed by atoms with van der Waals surface area (Å²) in [6, 6.07) is 17.9. The summed E-state index contributed by atoms with van der Waals surface area (Å²) in [5, 5.41) is 4.88. The quantitative estimate of drug-likeness (QED) is 0.686. The number of ether oxygens (including phenoxy) is 2. The Balaban J connectivity index is 1.65. The lowest BCUT2D eigenvalue weighted by Gasteiger charge is -2.12. The van der Waals surface area contributed by atoms with Gasteiger partial charge in [-0.15, -0.1) is 0 Å². The number of quaternary nitrogens is 1. The number of hydrogen-bond acceptors (Lipinski definition) is 3. The molecule has 0 aromatic heterocycles. The van der Waals surface area contributed by atoms with Crippen molar-refractivity contribution in [2.75, 3.05) is 26.8 Å². The number of amides is 1. The van der Waals surface area contributed by atoms with Gasteiger partial charge in [0.2, 0.25) is 0 Å². The number of methoxy groups -OCH3 is 1. The third-order valence-corrected chi connectivity index (χ3v) is 3.73. The van der Waals surface area contributed by atoms with E-state index >= 15 is 0 Å². The maximum absolute atomic E-state index is 11.9. The van der Waals surface area contributed by atoms with Crippen molar-refractivity contribution in [3.63, 3.8) is 0 Å². The molecule has 3 N–H and O–H groups in total. The fourth-order valence-electron chi connectivity index (χ4n) is 2.34. The predicted molar refractivity (Wildman–Crippen MR) is 93.1 cm³/mol. The van der Waals surface area contributed by atoms with E-state index in [0.717, 1.165) is 0 Å². The van der Waals surface area contributed by atoms with Crippen LogP contribution in [0, 0.1) is 0 Å². The van der Waals surface area contributed by atoms with Crippen LogP contribution in [0.2, 0.25) is 0 Å². The first-order valence-electron chi connectivity index (χ1n) is 8.11. The van der Waals surface area contributed by atoms with E-state index in [2.05, 4.69) is 24.4 Å². The van der Waals surface area contributed by atoms with Crippen molar-refractivity contribution in [2.24, 2.45) is 0 Å². The van der Waals surface area contributed by atoms with E-state index in [-0.39, 0.29) is 11.9 Å². The van der Waals surface area contributed by atoms with E-state index < -0.39 is 0 Å². The van der Waals surface area contributed by atoms with Gasteiger partial charge in [-0.05, 0) is 19.1 Å². The Labute approximate surface area is 143 Å². The third-order valence-electron chi connectivity index (χ3n) is 3.73. The minimum absolute atomic E-state index is 0.00130. The van der Waals surface area contributed by atoms with Crippen molar-refractivity contribution in [1.29, 1.82) is 0 Å². The summed E-state index contributed by atoms with van der Waals surface area (Å²) in [7, 11) is 1.60. The predicted octanol–water partition coefficient (Wildman–Crippen LogP) is 1.51. The molecule has 0 aliphatic rings. The normalized spacial score (nSPS) is 11.6. The van der Waals surface area contributed by atoms with Crippen LogP contribution in [0.1, 0.15) is 18.5 Å². The van der Waals surface area contributed by atoms with Crippen molar-refractivity contribution < 1.29 is 19.6 Å². The van der Waals surface area contributed by atoms with Gasteiger partial charge in [-0.2, -0.15) is 0 Å². The summed E-state index contributed by atoms with van der Waals surface area (Å²) in [5.41, 5.74) is 1.21. The van der Waals surface area contributed by atoms with Crippen molar-refractivity contribution in [3.05, 3.63) is 60.2 Å². The molecule has 5 nitrogen and oxygen atoms in total. The van der Waals surface area contributed by atoms with Crippen LogP contribution in [0.5, 0.6) is 11.5 Å². The second-order valence-electron chi connectivity index (χ2n) is 5.49. The van der Waals surface area contributed by atoms with Crippen molar-refractivity contribution in [1.82, 2.24) is 5.32 Å². The van der Waals surface area contributed by atoms with Crippen LogP contribution in [0.3, 0.4) is 0 Å². The van der Waals surface area contributed by atoms with Gasteiger partial charge in [0, 0.05) is 5.56 Å². The smallest absolute Gasteiger partial charge is 0.275 e. The van der Waals surface area contributed by atoms with E-state index in [9.17, 15) is 4.79 Å². The van der Waals surface area contributed by atoms with Crippen LogP contribution in [-0.2, 0) is 4.79 Å². The SMILES string of the molecule is COc1ccccc1OCCNC(=O)C[NH2+][C@@H](C)c1ccccc1. The Morgan fingerprint density at radius 1 is 1.08 bits per heavy atom. The first kappa shape index (κ1) is 17.8. The molecule has 128 valence electrons. The van der Waals surface area contributed by atoms with Gasteiger partial charge in [-0.25, -0.2) is 0 Å². The van der Waals surface area contributed by atoms with Crippen LogP contribution in [0.15, 0.2) is 54.6 Å². The number of carbonyl (C=O) groups excluding carboxylic acids is 1. The van der Waals surface area contributed by atoms with Gasteiger partial charge < -0.3 is 20.1 Å². The average molecular weight is 329 g/mol. The topological polar surface area (TPSA) is 64.2 Å². The third kappa shape index (κ3) is 5.59. The highest BCUT2D eigenvalue weighted by Gasteiger charge is 2.10. The van der Waals surface area contributed by atoms with Crippen LogP contribution < -0.4 is 20.1 Å². The average Bonchev–Trinajstić information content (AvgIpc) is 2.64. The summed E-state index contributed by atoms with van der Waals surface area (Å²) in [6.07, 6.45) is 0. The van der Waals surface area contributed by atoms with E-state index in [1.807, 2.05) is 47.8 Å². The Bertz CT molecular complexity index is 632. The Morgan fingerprint density at radius 2 is 1.75 bits per heavy atom. The molecule has 0 spiro atoms. The second-order valence-corrected chi connectivity index (χ2v) is 5.49. The van der Waals surface area contributed by atoms with E-state index in [1.165, 1.54) is 5.56 Å². The Hall–Kier alpha value is -2.53. The molecule has 24 heavy (non-hydrogen) atoms. The van der Waals surface area contributed by atoms with Crippen molar-refractivity contribution in [3.8, 4) is 11.5 Å². The molecule has 2 rings (SSSR count). The Morgan fingerprint density at radius 3 is 2.46 bits per heavy atom. The molecule has 0 heterocycles. The van der Waals surface area contributed by atoms with Crippen molar-refractivity contribution in [2.45, 2.75) is 13.0 Å². The van der Waals surface area contributed by atoms with Gasteiger partial charge >= 0.3 is 0 Å². The molecular weight excluding hydrogens is 304 g/mol. The summed E-state index contributed by atoms with van der Waals surface area (Å²) >= 11 is 0. The first-order valence-corrected chi connectivity index (χ1v) is 8.11. The molecule has 1 amide bonds. The molecular formula is C19H25N2O3+. The molecule has 2 aromatic rings. The number of nitrogens with two attached hydrogens (primary N) is 1. The lowest BCUT2D eigenvalue weighted by molar-refractivity contribution is -0.682. The maximum atomic E-state index is 11.9. The molecule has 1 atom stereocenters. The van der Waals surface area contributed by atoms with Gasteiger partial charge in [0.05, 0.1) is 13.7 Å². The molecule has 5 heteroatoms. The van der Waals surface area contributed by atoms with Gasteiger partial charge in [-0.3, -0.25) is 4.79 Å². The highest BCUT2D eigenvalue weighted by atomic mass is 16.5. The molecule has 0 aliphatic heterocycles. The molecule has 2 aromatic carbocycles. The number of hydrogen-bond donors (Lipinski definition) is 2. The van der Waals surface area contributed by atoms with E-state index in [0.29, 0.717) is 31.2 Å². The fraction of sp³-hybridized carbons (Fsp3) is 0.316. The monoisotopic (exact) mass is 329 g/mol. The number of rotatable bonds is 9. The molecule has 0 fully saturated rings. The lowest BCUT2D eigenvalue weighted by atomic mass is 10.1. The van der Waals surface area contributed by atoms with Gasteiger partial charge in [0.25, 0.3) is 5.91 Å². The minimum atomic E-state index is 0.00130. The van der Waals surface area contributed by atoms with E-state index in [4.69, 9.17) is 9.47 Å². The molecule has 0 saturated heterocycles.